The maximum atomic E-state index is 5.67. The first-order chi connectivity index (χ1) is 9.29. The van der Waals surface area contributed by atoms with Crippen molar-refractivity contribution in [2.45, 2.75) is 19.4 Å². The summed E-state index contributed by atoms with van der Waals surface area (Å²) in [6, 6.07) is 8.21. The molecule has 0 fully saturated rings. The minimum absolute atomic E-state index is 0.327. The second-order valence-electron chi connectivity index (χ2n) is 4.09. The third kappa shape index (κ3) is 4.60. The van der Waals surface area contributed by atoms with Crippen molar-refractivity contribution in [1.29, 1.82) is 0 Å². The molecule has 0 aliphatic carbocycles. The number of nitrogens with one attached hydrogen (secondary N) is 1. The van der Waals surface area contributed by atoms with Gasteiger partial charge in [0.15, 0.2) is 0 Å². The van der Waals surface area contributed by atoms with E-state index in [4.69, 9.17) is 4.74 Å². The molecular weight excluding hydrogens is 324 g/mol. The summed E-state index contributed by atoms with van der Waals surface area (Å²) < 4.78 is 6.74. The van der Waals surface area contributed by atoms with E-state index < -0.39 is 0 Å². The fourth-order valence-electron chi connectivity index (χ4n) is 1.75. The van der Waals surface area contributed by atoms with E-state index in [1.54, 1.807) is 11.3 Å². The predicted octanol–water partition coefficient (Wildman–Crippen LogP) is 4.03. The maximum absolute atomic E-state index is 5.67. The van der Waals surface area contributed by atoms with Crippen molar-refractivity contribution in [3.05, 3.63) is 45.3 Å². The van der Waals surface area contributed by atoms with Crippen LogP contribution >= 0.6 is 27.3 Å². The summed E-state index contributed by atoms with van der Waals surface area (Å²) in [5, 5.41) is 6.62. The summed E-state index contributed by atoms with van der Waals surface area (Å²) in [7, 11) is 0. The molecule has 1 aromatic heterocycles. The van der Waals surface area contributed by atoms with Crippen molar-refractivity contribution in [3.63, 3.8) is 0 Å². The number of hydrogen-bond donors (Lipinski definition) is 1. The third-order valence-corrected chi connectivity index (χ3v) is 4.15. The lowest BCUT2D eigenvalue weighted by atomic mass is 10.2. The molecule has 0 amide bonds. The minimum Gasteiger partial charge on any atom is -0.492 e. The van der Waals surface area contributed by atoms with Crippen LogP contribution in [0.1, 0.15) is 24.4 Å². The quantitative estimate of drug-likeness (QED) is 0.772. The molecule has 1 unspecified atom stereocenters. The highest BCUT2D eigenvalue weighted by molar-refractivity contribution is 9.10. The smallest absolute Gasteiger partial charge is 0.119 e. The lowest BCUT2D eigenvalue weighted by Crippen LogP contribution is -2.25. The van der Waals surface area contributed by atoms with E-state index in [1.807, 2.05) is 35.8 Å². The van der Waals surface area contributed by atoms with Gasteiger partial charge in [-0.15, -0.1) is 11.3 Å². The van der Waals surface area contributed by atoms with Crippen LogP contribution in [0.4, 0.5) is 0 Å². The first-order valence-corrected chi connectivity index (χ1v) is 7.98. The zero-order valence-electron chi connectivity index (χ0n) is 10.8. The Morgan fingerprint density at radius 3 is 2.79 bits per heavy atom. The van der Waals surface area contributed by atoms with Crippen LogP contribution in [0.5, 0.6) is 5.75 Å². The van der Waals surface area contributed by atoms with E-state index in [0.29, 0.717) is 12.6 Å². The molecule has 0 radical (unpaired) electrons. The summed E-state index contributed by atoms with van der Waals surface area (Å²) in [6.07, 6.45) is 2.88. The van der Waals surface area contributed by atoms with Crippen molar-refractivity contribution in [1.82, 2.24) is 10.3 Å². The van der Waals surface area contributed by atoms with E-state index in [2.05, 4.69) is 33.2 Å². The Morgan fingerprint density at radius 1 is 1.37 bits per heavy atom. The average molecular weight is 341 g/mol. The molecule has 1 N–H and O–H groups in total. The normalized spacial score (nSPS) is 12.3. The standard InChI is InChI=1S/C14H17BrN2OS/c1-2-13(14-17-8-10-19-14)16-7-9-18-12-5-3-11(15)4-6-12/h3-6,8,10,13,16H,2,7,9H2,1H3. The van der Waals surface area contributed by atoms with E-state index in [9.17, 15) is 0 Å². The van der Waals surface area contributed by atoms with Crippen LogP contribution in [-0.2, 0) is 0 Å². The molecule has 0 aliphatic rings. The zero-order valence-corrected chi connectivity index (χ0v) is 13.2. The van der Waals surface area contributed by atoms with E-state index in [1.165, 1.54) is 0 Å². The van der Waals surface area contributed by atoms with Crippen LogP contribution in [0.2, 0.25) is 0 Å². The van der Waals surface area contributed by atoms with Crippen LogP contribution in [0, 0.1) is 0 Å². The third-order valence-electron chi connectivity index (χ3n) is 2.73. The van der Waals surface area contributed by atoms with Gasteiger partial charge in [0.1, 0.15) is 17.4 Å². The zero-order chi connectivity index (χ0) is 13.5. The molecule has 0 bridgehead atoms. The van der Waals surface area contributed by atoms with Crippen molar-refractivity contribution in [2.75, 3.05) is 13.2 Å². The highest BCUT2D eigenvalue weighted by Crippen LogP contribution is 2.18. The Labute approximate surface area is 126 Å². The van der Waals surface area contributed by atoms with Gasteiger partial charge in [0.05, 0.1) is 6.04 Å². The summed E-state index contributed by atoms with van der Waals surface area (Å²) in [6.45, 7) is 3.63. The number of ether oxygens (including phenoxy) is 1. The summed E-state index contributed by atoms with van der Waals surface area (Å²) in [5.41, 5.74) is 0. The fourth-order valence-corrected chi connectivity index (χ4v) is 2.81. The highest BCUT2D eigenvalue weighted by Gasteiger charge is 2.10. The Bertz CT molecular complexity index is 473. The van der Waals surface area contributed by atoms with E-state index >= 15 is 0 Å². The SMILES string of the molecule is CCC(NCCOc1ccc(Br)cc1)c1nccs1. The Morgan fingerprint density at radius 2 is 2.16 bits per heavy atom. The molecule has 5 heteroatoms. The molecular formula is C14H17BrN2OS. The van der Waals surface area contributed by atoms with Crippen molar-refractivity contribution in [3.8, 4) is 5.75 Å². The van der Waals surface area contributed by atoms with Crippen LogP contribution < -0.4 is 10.1 Å². The summed E-state index contributed by atoms with van der Waals surface area (Å²) in [5.74, 6) is 0.896. The molecule has 19 heavy (non-hydrogen) atoms. The molecule has 1 atom stereocenters. The topological polar surface area (TPSA) is 34.1 Å². The van der Waals surface area contributed by atoms with Crippen molar-refractivity contribution < 1.29 is 4.74 Å². The van der Waals surface area contributed by atoms with Crippen LogP contribution in [0.25, 0.3) is 0 Å². The fraction of sp³-hybridized carbons (Fsp3) is 0.357. The van der Waals surface area contributed by atoms with Gasteiger partial charge in [0.2, 0.25) is 0 Å². The molecule has 1 aromatic carbocycles. The van der Waals surface area contributed by atoms with Gasteiger partial charge in [-0.3, -0.25) is 0 Å². The molecule has 1 heterocycles. The van der Waals surface area contributed by atoms with Gasteiger partial charge in [-0.05, 0) is 30.7 Å². The lowest BCUT2D eigenvalue weighted by Gasteiger charge is -2.14. The molecule has 3 nitrogen and oxygen atoms in total. The molecule has 0 saturated carbocycles. The number of thiazole rings is 1. The highest BCUT2D eigenvalue weighted by atomic mass is 79.9. The molecule has 0 aliphatic heterocycles. The number of benzene rings is 1. The Kier molecular flexibility index (Phi) is 5.82. The summed E-state index contributed by atoms with van der Waals surface area (Å²) >= 11 is 5.10. The average Bonchev–Trinajstić information content (AvgIpc) is 2.95. The molecule has 102 valence electrons. The number of nitrogens with zero attached hydrogens (tertiary/aromatic N) is 1. The second kappa shape index (κ2) is 7.62. The Balaban J connectivity index is 1.72. The van der Waals surface area contributed by atoms with Gasteiger partial charge in [0.25, 0.3) is 0 Å². The lowest BCUT2D eigenvalue weighted by molar-refractivity contribution is 0.304. The molecule has 2 rings (SSSR count). The van der Waals surface area contributed by atoms with Gasteiger partial charge < -0.3 is 10.1 Å². The number of aromatic nitrogens is 1. The molecule has 0 spiro atoms. The van der Waals surface area contributed by atoms with E-state index in [0.717, 1.165) is 28.2 Å². The number of halogens is 1. The van der Waals surface area contributed by atoms with Crippen molar-refractivity contribution >= 4 is 27.3 Å². The van der Waals surface area contributed by atoms with Gasteiger partial charge in [-0.2, -0.15) is 0 Å². The van der Waals surface area contributed by atoms with Gasteiger partial charge in [-0.25, -0.2) is 4.98 Å². The van der Waals surface area contributed by atoms with E-state index in [-0.39, 0.29) is 0 Å². The van der Waals surface area contributed by atoms with Gasteiger partial charge in [0, 0.05) is 22.6 Å². The van der Waals surface area contributed by atoms with Crippen LogP contribution in [-0.4, -0.2) is 18.1 Å². The largest absolute Gasteiger partial charge is 0.492 e. The minimum atomic E-state index is 0.327. The first-order valence-electron chi connectivity index (χ1n) is 6.30. The molecule has 0 saturated heterocycles. The Hall–Kier alpha value is -0.910. The van der Waals surface area contributed by atoms with Crippen LogP contribution in [0.3, 0.4) is 0 Å². The number of rotatable bonds is 7. The van der Waals surface area contributed by atoms with Crippen LogP contribution in [0.15, 0.2) is 40.3 Å². The van der Waals surface area contributed by atoms with Crippen molar-refractivity contribution in [2.24, 2.45) is 0 Å². The predicted molar refractivity (Wildman–Crippen MR) is 82.8 cm³/mol. The van der Waals surface area contributed by atoms with Gasteiger partial charge >= 0.3 is 0 Å². The molecule has 2 aromatic rings. The summed E-state index contributed by atoms with van der Waals surface area (Å²) in [4.78, 5) is 4.34. The second-order valence-corrected chi connectivity index (χ2v) is 5.93. The first kappa shape index (κ1) is 14.5. The maximum Gasteiger partial charge on any atom is 0.119 e. The van der Waals surface area contributed by atoms with Gasteiger partial charge in [-0.1, -0.05) is 22.9 Å². The number of hydrogen-bond acceptors (Lipinski definition) is 4. The monoisotopic (exact) mass is 340 g/mol.